The number of rotatable bonds is 9. The normalized spacial score (nSPS) is 11.1. The first-order valence-corrected chi connectivity index (χ1v) is 10.7. The SMILES string of the molecule is COc1cc(C(C)=NNC(=O)Cn2nc(C)c([N+](=O)[O-])c2C)ccc1OC(=O)c1ccc([N+](=O)[O-])cc1. The predicted octanol–water partition coefficient (Wildman–Crippen LogP) is 3.08. The zero-order valence-corrected chi connectivity index (χ0v) is 20.3. The van der Waals surface area contributed by atoms with Gasteiger partial charge in [0.15, 0.2) is 11.5 Å². The number of hydrogen-bond donors (Lipinski definition) is 1. The van der Waals surface area contributed by atoms with Crippen molar-refractivity contribution in [3.05, 3.63) is 85.2 Å². The van der Waals surface area contributed by atoms with Crippen LogP contribution in [-0.2, 0) is 11.3 Å². The number of aryl methyl sites for hydroxylation is 1. The van der Waals surface area contributed by atoms with Gasteiger partial charge in [-0.25, -0.2) is 10.2 Å². The second kappa shape index (κ2) is 11.1. The monoisotopic (exact) mass is 510 g/mol. The molecule has 1 heterocycles. The van der Waals surface area contributed by atoms with Gasteiger partial charge in [0.1, 0.15) is 17.9 Å². The van der Waals surface area contributed by atoms with Gasteiger partial charge in [0.2, 0.25) is 0 Å². The van der Waals surface area contributed by atoms with E-state index in [0.29, 0.717) is 11.3 Å². The summed E-state index contributed by atoms with van der Waals surface area (Å²) in [6, 6.07) is 9.58. The molecule has 14 nitrogen and oxygen atoms in total. The van der Waals surface area contributed by atoms with E-state index in [2.05, 4.69) is 15.6 Å². The summed E-state index contributed by atoms with van der Waals surface area (Å²) in [4.78, 5) is 45.5. The Labute approximate surface area is 209 Å². The van der Waals surface area contributed by atoms with E-state index in [1.807, 2.05) is 0 Å². The standard InChI is InChI=1S/C23H22N6O8/c1-13(24-25-21(30)12-27-15(3)22(29(34)35)14(2)26-27)17-7-10-19(20(11-17)36-4)37-23(31)16-5-8-18(9-6-16)28(32)33/h5-11H,12H2,1-4H3,(H,25,30). The van der Waals surface area contributed by atoms with Crippen molar-refractivity contribution >= 4 is 29.0 Å². The second-order valence-electron chi connectivity index (χ2n) is 7.73. The Morgan fingerprint density at radius 1 is 1.03 bits per heavy atom. The lowest BCUT2D eigenvalue weighted by molar-refractivity contribution is -0.386. The topological polar surface area (TPSA) is 181 Å². The van der Waals surface area contributed by atoms with Gasteiger partial charge in [-0.3, -0.25) is 29.7 Å². The molecule has 0 unspecified atom stereocenters. The van der Waals surface area contributed by atoms with Crippen molar-refractivity contribution in [3.8, 4) is 11.5 Å². The molecule has 3 aromatic rings. The first-order chi connectivity index (χ1) is 17.5. The van der Waals surface area contributed by atoms with E-state index in [0.717, 1.165) is 0 Å². The molecule has 0 aliphatic rings. The van der Waals surface area contributed by atoms with Crippen LogP contribution in [0, 0.1) is 34.1 Å². The molecule has 3 rings (SSSR count). The van der Waals surface area contributed by atoms with Crippen molar-refractivity contribution in [2.24, 2.45) is 5.10 Å². The lowest BCUT2D eigenvalue weighted by Gasteiger charge is -2.11. The summed E-state index contributed by atoms with van der Waals surface area (Å²) in [5, 5.41) is 30.0. The van der Waals surface area contributed by atoms with Crippen LogP contribution in [0.1, 0.15) is 34.2 Å². The van der Waals surface area contributed by atoms with Crippen molar-refractivity contribution in [2.75, 3.05) is 7.11 Å². The lowest BCUT2D eigenvalue weighted by Crippen LogP contribution is -2.25. The van der Waals surface area contributed by atoms with Crippen LogP contribution in [-0.4, -0.2) is 44.3 Å². The molecule has 0 aliphatic heterocycles. The average molecular weight is 510 g/mol. The molecule has 1 amide bonds. The largest absolute Gasteiger partial charge is 0.493 e. The molecule has 0 spiro atoms. The van der Waals surface area contributed by atoms with Crippen LogP contribution < -0.4 is 14.9 Å². The molecule has 0 radical (unpaired) electrons. The summed E-state index contributed by atoms with van der Waals surface area (Å²) in [6.45, 7) is 4.36. The summed E-state index contributed by atoms with van der Waals surface area (Å²) >= 11 is 0. The minimum atomic E-state index is -0.733. The number of esters is 1. The van der Waals surface area contributed by atoms with Gasteiger partial charge >= 0.3 is 11.7 Å². The molecule has 0 saturated heterocycles. The van der Waals surface area contributed by atoms with Crippen molar-refractivity contribution < 1.29 is 28.9 Å². The Morgan fingerprint density at radius 2 is 1.68 bits per heavy atom. The highest BCUT2D eigenvalue weighted by molar-refractivity contribution is 6.00. The highest BCUT2D eigenvalue weighted by Crippen LogP contribution is 2.29. The number of benzene rings is 2. The summed E-state index contributed by atoms with van der Waals surface area (Å²) in [5.41, 5.74) is 3.60. The number of nitro groups is 2. The summed E-state index contributed by atoms with van der Waals surface area (Å²) < 4.78 is 11.9. The van der Waals surface area contributed by atoms with E-state index < -0.39 is 21.7 Å². The van der Waals surface area contributed by atoms with Crippen molar-refractivity contribution in [1.29, 1.82) is 0 Å². The zero-order chi connectivity index (χ0) is 27.3. The van der Waals surface area contributed by atoms with E-state index in [-0.39, 0.29) is 46.4 Å². The number of amides is 1. The van der Waals surface area contributed by atoms with Crippen LogP contribution in [0.2, 0.25) is 0 Å². The van der Waals surface area contributed by atoms with Gasteiger partial charge in [-0.05, 0) is 51.1 Å². The number of non-ortho nitro benzene ring substituents is 1. The van der Waals surface area contributed by atoms with Crippen molar-refractivity contribution in [2.45, 2.75) is 27.3 Å². The molecule has 2 aromatic carbocycles. The number of nitrogens with one attached hydrogen (secondary N) is 1. The van der Waals surface area contributed by atoms with E-state index in [9.17, 15) is 29.8 Å². The molecule has 0 atom stereocenters. The number of nitro benzene ring substituents is 1. The summed E-state index contributed by atoms with van der Waals surface area (Å²) in [6.07, 6.45) is 0. The molecule has 37 heavy (non-hydrogen) atoms. The molecule has 0 saturated carbocycles. The van der Waals surface area contributed by atoms with Gasteiger partial charge in [-0.15, -0.1) is 0 Å². The Hall–Kier alpha value is -5.14. The first-order valence-electron chi connectivity index (χ1n) is 10.7. The fraction of sp³-hybridized carbons (Fsp3) is 0.217. The number of carbonyl (C=O) groups is 2. The molecule has 0 fully saturated rings. The molecule has 1 aromatic heterocycles. The number of methoxy groups -OCH3 is 1. The number of ether oxygens (including phenoxy) is 2. The third kappa shape index (κ3) is 6.11. The second-order valence-corrected chi connectivity index (χ2v) is 7.73. The highest BCUT2D eigenvalue weighted by Gasteiger charge is 2.22. The van der Waals surface area contributed by atoms with E-state index in [1.165, 1.54) is 56.0 Å². The molecule has 0 bridgehead atoms. The van der Waals surface area contributed by atoms with Gasteiger partial charge in [-0.1, -0.05) is 0 Å². The van der Waals surface area contributed by atoms with Gasteiger partial charge in [-0.2, -0.15) is 10.2 Å². The molecule has 0 aliphatic carbocycles. The zero-order valence-electron chi connectivity index (χ0n) is 20.3. The Morgan fingerprint density at radius 3 is 2.24 bits per heavy atom. The Balaban J connectivity index is 1.69. The van der Waals surface area contributed by atoms with E-state index in [1.54, 1.807) is 19.1 Å². The maximum Gasteiger partial charge on any atom is 0.343 e. The third-order valence-electron chi connectivity index (χ3n) is 5.27. The first kappa shape index (κ1) is 26.5. The predicted molar refractivity (Wildman–Crippen MR) is 130 cm³/mol. The molecule has 1 N–H and O–H groups in total. The molecule has 14 heteroatoms. The number of carbonyl (C=O) groups excluding carboxylic acids is 2. The Bertz CT molecular complexity index is 1410. The average Bonchev–Trinajstić information content (AvgIpc) is 3.15. The highest BCUT2D eigenvalue weighted by atomic mass is 16.6. The van der Waals surface area contributed by atoms with Crippen LogP contribution in [0.15, 0.2) is 47.6 Å². The number of nitrogens with zero attached hydrogens (tertiary/aromatic N) is 5. The van der Waals surface area contributed by atoms with Crippen molar-refractivity contribution in [3.63, 3.8) is 0 Å². The lowest BCUT2D eigenvalue weighted by atomic mass is 10.1. The maximum absolute atomic E-state index is 12.4. The number of aromatic nitrogens is 2. The van der Waals surface area contributed by atoms with Crippen LogP contribution in [0.4, 0.5) is 11.4 Å². The van der Waals surface area contributed by atoms with Gasteiger partial charge in [0, 0.05) is 17.7 Å². The summed E-state index contributed by atoms with van der Waals surface area (Å²) in [5.74, 6) is -0.954. The third-order valence-corrected chi connectivity index (χ3v) is 5.27. The van der Waals surface area contributed by atoms with E-state index in [4.69, 9.17) is 9.47 Å². The molecule has 192 valence electrons. The fourth-order valence-corrected chi connectivity index (χ4v) is 3.34. The van der Waals surface area contributed by atoms with Crippen LogP contribution in [0.5, 0.6) is 11.5 Å². The van der Waals surface area contributed by atoms with Crippen LogP contribution >= 0.6 is 0 Å². The maximum atomic E-state index is 12.4. The minimum absolute atomic E-state index is 0.109. The van der Waals surface area contributed by atoms with Gasteiger partial charge in [0.25, 0.3) is 11.6 Å². The van der Waals surface area contributed by atoms with Gasteiger partial charge in [0.05, 0.1) is 28.2 Å². The Kier molecular flexibility index (Phi) is 7.92. The molecular formula is C23H22N6O8. The smallest absolute Gasteiger partial charge is 0.343 e. The number of hydrogen-bond acceptors (Lipinski definition) is 10. The summed E-state index contributed by atoms with van der Waals surface area (Å²) in [7, 11) is 1.38. The molecular weight excluding hydrogens is 488 g/mol. The van der Waals surface area contributed by atoms with Crippen molar-refractivity contribution in [1.82, 2.24) is 15.2 Å². The quantitative estimate of drug-likeness (QED) is 0.149. The minimum Gasteiger partial charge on any atom is -0.493 e. The number of hydrazone groups is 1. The fourth-order valence-electron chi connectivity index (χ4n) is 3.34. The van der Waals surface area contributed by atoms with E-state index >= 15 is 0 Å². The van der Waals surface area contributed by atoms with Crippen LogP contribution in [0.3, 0.4) is 0 Å². The van der Waals surface area contributed by atoms with Gasteiger partial charge < -0.3 is 9.47 Å². The van der Waals surface area contributed by atoms with Crippen LogP contribution in [0.25, 0.3) is 0 Å².